The van der Waals surface area contributed by atoms with Crippen molar-refractivity contribution in [2.75, 3.05) is 26.4 Å². The van der Waals surface area contributed by atoms with E-state index in [4.69, 9.17) is 33.5 Å². The number of ether oxygens (including phenoxy) is 6. The Morgan fingerprint density at radius 2 is 1.26 bits per heavy atom. The SMILES string of the molecule is CCO[C@@H]1O[C@@H]([C@@H](CO[C@@H]2O[C@@H]([C@H](O)CO)[C@H](O)[C@H]2O)O[C@H]2O[C@H](CO)[C@@H](O)[C@@H]2O)[C@H](O)[C@H]1O. The molecule has 15 nitrogen and oxygen atoms in total. The van der Waals surface area contributed by atoms with Gasteiger partial charge in [0.25, 0.3) is 0 Å². The predicted octanol–water partition coefficient (Wildman–Crippen LogP) is -5.89. The minimum Gasteiger partial charge on any atom is -0.394 e. The smallest absolute Gasteiger partial charge is 0.187 e. The lowest BCUT2D eigenvalue weighted by Gasteiger charge is -2.30. The average Bonchev–Trinajstić information content (AvgIpc) is 3.38. The Morgan fingerprint density at radius 3 is 1.82 bits per heavy atom. The van der Waals surface area contributed by atoms with E-state index in [-0.39, 0.29) is 6.61 Å². The van der Waals surface area contributed by atoms with Gasteiger partial charge in [-0.1, -0.05) is 0 Å². The number of hydrogen-bond donors (Lipinski definition) is 9. The lowest BCUT2D eigenvalue weighted by atomic mass is 10.1. The third kappa shape index (κ3) is 5.69. The third-order valence-corrected chi connectivity index (χ3v) is 6.01. The first kappa shape index (κ1) is 28.0. The van der Waals surface area contributed by atoms with Crippen LogP contribution in [0.15, 0.2) is 0 Å². The highest BCUT2D eigenvalue weighted by Gasteiger charge is 2.52. The highest BCUT2D eigenvalue weighted by Crippen LogP contribution is 2.31. The first-order valence-corrected chi connectivity index (χ1v) is 11.0. The molecule has 200 valence electrons. The van der Waals surface area contributed by atoms with Gasteiger partial charge in [-0.3, -0.25) is 0 Å². The van der Waals surface area contributed by atoms with Crippen molar-refractivity contribution < 1.29 is 74.4 Å². The van der Waals surface area contributed by atoms with Crippen molar-refractivity contribution in [3.05, 3.63) is 0 Å². The van der Waals surface area contributed by atoms with Crippen LogP contribution in [0.2, 0.25) is 0 Å². The fraction of sp³-hybridized carbons (Fsp3) is 1.00. The van der Waals surface area contributed by atoms with E-state index in [1.165, 1.54) is 0 Å². The summed E-state index contributed by atoms with van der Waals surface area (Å²) >= 11 is 0. The molecular formula is C19H34O15. The molecule has 3 fully saturated rings. The van der Waals surface area contributed by atoms with Crippen molar-refractivity contribution in [3.63, 3.8) is 0 Å². The monoisotopic (exact) mass is 502 g/mol. The summed E-state index contributed by atoms with van der Waals surface area (Å²) in [5, 5.41) is 89.2. The summed E-state index contributed by atoms with van der Waals surface area (Å²) in [7, 11) is 0. The van der Waals surface area contributed by atoms with Gasteiger partial charge in [-0.2, -0.15) is 0 Å². The molecule has 0 bridgehead atoms. The maximum atomic E-state index is 10.5. The van der Waals surface area contributed by atoms with Crippen molar-refractivity contribution in [2.45, 2.75) is 92.9 Å². The summed E-state index contributed by atoms with van der Waals surface area (Å²) in [6.45, 7) is -0.0609. The zero-order chi connectivity index (χ0) is 25.2. The van der Waals surface area contributed by atoms with Crippen LogP contribution in [-0.4, -0.2) is 158 Å². The van der Waals surface area contributed by atoms with Crippen LogP contribution in [-0.2, 0) is 28.4 Å². The van der Waals surface area contributed by atoms with Gasteiger partial charge in [-0.05, 0) is 6.92 Å². The van der Waals surface area contributed by atoms with Gasteiger partial charge in [0.2, 0.25) is 0 Å². The van der Waals surface area contributed by atoms with Gasteiger partial charge in [0.05, 0.1) is 19.8 Å². The molecule has 0 unspecified atom stereocenters. The zero-order valence-electron chi connectivity index (χ0n) is 18.4. The molecule has 0 aromatic rings. The molecule has 3 rings (SSSR count). The molecule has 9 N–H and O–H groups in total. The largest absolute Gasteiger partial charge is 0.394 e. The molecule has 14 atom stereocenters. The van der Waals surface area contributed by atoms with E-state index in [2.05, 4.69) is 0 Å². The van der Waals surface area contributed by atoms with Crippen LogP contribution >= 0.6 is 0 Å². The van der Waals surface area contributed by atoms with E-state index in [0.717, 1.165) is 0 Å². The molecule has 0 spiro atoms. The third-order valence-electron chi connectivity index (χ3n) is 6.01. The van der Waals surface area contributed by atoms with Crippen LogP contribution in [0, 0.1) is 0 Å². The van der Waals surface area contributed by atoms with E-state index < -0.39 is 106 Å². The Balaban J connectivity index is 1.72. The summed E-state index contributed by atoms with van der Waals surface area (Å²) in [6, 6.07) is 0. The lowest BCUT2D eigenvalue weighted by molar-refractivity contribution is -0.259. The minimum atomic E-state index is -1.61. The second-order valence-corrected chi connectivity index (χ2v) is 8.32. The molecule has 15 heteroatoms. The molecule has 3 saturated heterocycles. The zero-order valence-corrected chi connectivity index (χ0v) is 18.4. The molecule has 0 aliphatic carbocycles. The van der Waals surface area contributed by atoms with Gasteiger partial charge < -0.3 is 74.4 Å². The van der Waals surface area contributed by atoms with Crippen LogP contribution in [0.1, 0.15) is 6.92 Å². The average molecular weight is 502 g/mol. The molecule has 0 aromatic carbocycles. The highest BCUT2D eigenvalue weighted by molar-refractivity contribution is 4.95. The fourth-order valence-electron chi connectivity index (χ4n) is 4.06. The van der Waals surface area contributed by atoms with Crippen molar-refractivity contribution in [2.24, 2.45) is 0 Å². The van der Waals surface area contributed by atoms with Gasteiger partial charge >= 0.3 is 0 Å². The molecule has 3 aliphatic rings. The summed E-state index contributed by atoms with van der Waals surface area (Å²) in [4.78, 5) is 0. The Labute approximate surface area is 194 Å². The molecule has 0 aromatic heterocycles. The first-order chi connectivity index (χ1) is 16.1. The second kappa shape index (κ2) is 12.1. The summed E-state index contributed by atoms with van der Waals surface area (Å²) < 4.78 is 32.5. The van der Waals surface area contributed by atoms with Crippen LogP contribution in [0.25, 0.3) is 0 Å². The Hall–Kier alpha value is -0.600. The van der Waals surface area contributed by atoms with Gasteiger partial charge in [-0.25, -0.2) is 0 Å². The number of aliphatic hydroxyl groups is 9. The Morgan fingerprint density at radius 1 is 0.706 bits per heavy atom. The Bertz CT molecular complexity index is 627. The van der Waals surface area contributed by atoms with E-state index in [1.807, 2.05) is 0 Å². The fourth-order valence-corrected chi connectivity index (χ4v) is 4.06. The molecule has 34 heavy (non-hydrogen) atoms. The maximum Gasteiger partial charge on any atom is 0.187 e. The lowest BCUT2D eigenvalue weighted by Crippen LogP contribution is -2.47. The van der Waals surface area contributed by atoms with E-state index >= 15 is 0 Å². The van der Waals surface area contributed by atoms with Crippen LogP contribution in [0.3, 0.4) is 0 Å². The van der Waals surface area contributed by atoms with Crippen molar-refractivity contribution in [3.8, 4) is 0 Å². The van der Waals surface area contributed by atoms with Crippen LogP contribution in [0.4, 0.5) is 0 Å². The highest BCUT2D eigenvalue weighted by atomic mass is 16.8. The molecule has 0 amide bonds. The van der Waals surface area contributed by atoms with E-state index in [0.29, 0.717) is 0 Å². The molecule has 3 heterocycles. The Kier molecular flexibility index (Phi) is 9.95. The molecule has 0 saturated carbocycles. The van der Waals surface area contributed by atoms with Crippen molar-refractivity contribution >= 4 is 0 Å². The van der Waals surface area contributed by atoms with E-state index in [9.17, 15) is 40.9 Å². The topological polar surface area (TPSA) is 237 Å². The molecule has 0 radical (unpaired) electrons. The van der Waals surface area contributed by atoms with Crippen LogP contribution < -0.4 is 0 Å². The standard InChI is InChI=1S/C19H34O15/c1-2-29-17-14(28)11(25)16(34-17)8(32-19-12(26)9(23)7(4-21)31-19)5-30-18-13(27)10(24)15(33-18)6(22)3-20/h6-28H,2-5H2,1H3/t6-,7-,8-,9-,10-,11-,12+,13-,14-,15+,16+,17-,18-,19-/m1/s1. The second-order valence-electron chi connectivity index (χ2n) is 8.32. The van der Waals surface area contributed by atoms with Gasteiger partial charge in [0.15, 0.2) is 18.9 Å². The summed E-state index contributed by atoms with van der Waals surface area (Å²) in [6.07, 6.45) is -20.0. The normalized spacial score (nSPS) is 46.8. The maximum absolute atomic E-state index is 10.5. The minimum absolute atomic E-state index is 0.159. The quantitative estimate of drug-likeness (QED) is 0.128. The summed E-state index contributed by atoms with van der Waals surface area (Å²) in [5.41, 5.74) is 0. The summed E-state index contributed by atoms with van der Waals surface area (Å²) in [5.74, 6) is 0. The van der Waals surface area contributed by atoms with Crippen molar-refractivity contribution in [1.29, 1.82) is 0 Å². The number of rotatable bonds is 11. The number of hydrogen-bond acceptors (Lipinski definition) is 15. The number of aliphatic hydroxyl groups excluding tert-OH is 9. The first-order valence-electron chi connectivity index (χ1n) is 11.0. The van der Waals surface area contributed by atoms with Gasteiger partial charge in [0.1, 0.15) is 67.1 Å². The predicted molar refractivity (Wildman–Crippen MR) is 105 cm³/mol. The van der Waals surface area contributed by atoms with Crippen molar-refractivity contribution in [1.82, 2.24) is 0 Å². The van der Waals surface area contributed by atoms with E-state index in [1.54, 1.807) is 6.92 Å². The van der Waals surface area contributed by atoms with Gasteiger partial charge in [0, 0.05) is 6.61 Å². The van der Waals surface area contributed by atoms with Crippen LogP contribution in [0.5, 0.6) is 0 Å². The molecular weight excluding hydrogens is 468 g/mol. The molecule has 3 aliphatic heterocycles. The van der Waals surface area contributed by atoms with Gasteiger partial charge in [-0.15, -0.1) is 0 Å².